The Morgan fingerprint density at radius 3 is 2.82 bits per heavy atom. The molecule has 0 spiro atoms. The van der Waals surface area contributed by atoms with Gasteiger partial charge in [-0.3, -0.25) is 0 Å². The summed E-state index contributed by atoms with van der Waals surface area (Å²) in [6, 6.07) is 0.0637. The van der Waals surface area contributed by atoms with Gasteiger partial charge in [0.05, 0.1) is 23.6 Å². The van der Waals surface area contributed by atoms with Crippen molar-refractivity contribution in [1.82, 2.24) is 8.75 Å². The molecule has 1 aromatic heterocycles. The number of hydrogen-bond donors (Lipinski definition) is 1. The van der Waals surface area contributed by atoms with Crippen LogP contribution in [0.5, 0.6) is 0 Å². The topological polar surface area (TPSA) is 51.8 Å². The molecule has 0 aromatic carbocycles. The summed E-state index contributed by atoms with van der Waals surface area (Å²) in [5, 5.41) is 0. The third-order valence-electron chi connectivity index (χ3n) is 1.48. The van der Waals surface area contributed by atoms with E-state index in [-0.39, 0.29) is 6.04 Å². The molecule has 1 atom stereocenters. The van der Waals surface area contributed by atoms with E-state index >= 15 is 0 Å². The highest BCUT2D eigenvalue weighted by molar-refractivity contribution is 6.99. The third-order valence-corrected chi connectivity index (χ3v) is 1.98. The van der Waals surface area contributed by atoms with Crippen LogP contribution in [0.2, 0.25) is 0 Å². The summed E-state index contributed by atoms with van der Waals surface area (Å²) in [6.07, 6.45) is 2.73. The van der Waals surface area contributed by atoms with Crippen LogP contribution in [0.1, 0.15) is 32.0 Å². The molecule has 0 amide bonds. The van der Waals surface area contributed by atoms with Crippen molar-refractivity contribution >= 4 is 11.7 Å². The van der Waals surface area contributed by atoms with Gasteiger partial charge in [0.1, 0.15) is 0 Å². The molecule has 3 nitrogen and oxygen atoms in total. The molecule has 0 aliphatic heterocycles. The Labute approximate surface area is 71.0 Å². The number of aromatic nitrogens is 2. The molecule has 11 heavy (non-hydrogen) atoms. The van der Waals surface area contributed by atoms with Gasteiger partial charge >= 0.3 is 0 Å². The molecular weight excluding hydrogens is 158 g/mol. The van der Waals surface area contributed by atoms with E-state index in [1.54, 1.807) is 6.20 Å². The first-order valence-electron chi connectivity index (χ1n) is 3.73. The molecule has 0 fully saturated rings. The summed E-state index contributed by atoms with van der Waals surface area (Å²) >= 11 is 1.22. The minimum atomic E-state index is 0.0637. The van der Waals surface area contributed by atoms with E-state index in [2.05, 4.69) is 22.6 Å². The maximum Gasteiger partial charge on any atom is 0.0910 e. The highest BCUT2D eigenvalue weighted by Crippen LogP contribution is 2.16. The second-order valence-electron chi connectivity index (χ2n) is 3.07. The van der Waals surface area contributed by atoms with Gasteiger partial charge in [0, 0.05) is 6.04 Å². The smallest absolute Gasteiger partial charge is 0.0910 e. The summed E-state index contributed by atoms with van der Waals surface area (Å²) in [5.41, 5.74) is 6.76. The molecule has 1 unspecified atom stereocenters. The average molecular weight is 171 g/mol. The lowest BCUT2D eigenvalue weighted by atomic mass is 10.0. The van der Waals surface area contributed by atoms with Gasteiger partial charge < -0.3 is 5.73 Å². The van der Waals surface area contributed by atoms with Crippen LogP contribution in [0.15, 0.2) is 6.20 Å². The van der Waals surface area contributed by atoms with E-state index in [1.807, 2.05) is 0 Å². The molecule has 0 saturated heterocycles. The van der Waals surface area contributed by atoms with Crippen LogP contribution < -0.4 is 5.73 Å². The van der Waals surface area contributed by atoms with Crippen LogP contribution >= 0.6 is 11.7 Å². The molecule has 1 rings (SSSR count). The molecule has 0 bridgehead atoms. The number of rotatable bonds is 3. The van der Waals surface area contributed by atoms with Crippen LogP contribution in [0.3, 0.4) is 0 Å². The highest BCUT2D eigenvalue weighted by Gasteiger charge is 2.09. The maximum absolute atomic E-state index is 5.84. The second-order valence-corrected chi connectivity index (χ2v) is 3.63. The fraction of sp³-hybridized carbons (Fsp3) is 0.714. The number of nitrogens with two attached hydrogens (primary N) is 1. The van der Waals surface area contributed by atoms with Gasteiger partial charge in [0.15, 0.2) is 0 Å². The molecule has 1 aromatic rings. The van der Waals surface area contributed by atoms with Crippen molar-refractivity contribution in [3.63, 3.8) is 0 Å². The summed E-state index contributed by atoms with van der Waals surface area (Å²) in [4.78, 5) is 0. The highest BCUT2D eigenvalue weighted by atomic mass is 32.1. The molecule has 1 heterocycles. The van der Waals surface area contributed by atoms with E-state index < -0.39 is 0 Å². The van der Waals surface area contributed by atoms with Gasteiger partial charge in [-0.05, 0) is 12.3 Å². The van der Waals surface area contributed by atoms with Gasteiger partial charge in [-0.25, -0.2) is 0 Å². The van der Waals surface area contributed by atoms with Crippen LogP contribution in [0.25, 0.3) is 0 Å². The minimum Gasteiger partial charge on any atom is -0.323 e. The monoisotopic (exact) mass is 171 g/mol. The fourth-order valence-corrected chi connectivity index (χ4v) is 1.44. The van der Waals surface area contributed by atoms with Gasteiger partial charge in [-0.1, -0.05) is 13.8 Å². The van der Waals surface area contributed by atoms with Crippen molar-refractivity contribution in [1.29, 1.82) is 0 Å². The minimum absolute atomic E-state index is 0.0637. The van der Waals surface area contributed by atoms with Crippen molar-refractivity contribution < 1.29 is 0 Å². The van der Waals surface area contributed by atoms with E-state index in [9.17, 15) is 0 Å². The first-order chi connectivity index (χ1) is 5.20. The van der Waals surface area contributed by atoms with Gasteiger partial charge in [0.25, 0.3) is 0 Å². The van der Waals surface area contributed by atoms with Gasteiger partial charge in [0.2, 0.25) is 0 Å². The standard InChI is InChI=1S/C7H13N3S/c1-5(2)3-6(8)7-4-9-11-10-7/h4-6H,3,8H2,1-2H3. The molecule has 62 valence electrons. The van der Waals surface area contributed by atoms with Crippen LogP contribution in [-0.2, 0) is 0 Å². The Morgan fingerprint density at radius 2 is 2.36 bits per heavy atom. The van der Waals surface area contributed by atoms with Crippen molar-refractivity contribution in [2.45, 2.75) is 26.3 Å². The van der Waals surface area contributed by atoms with E-state index in [4.69, 9.17) is 5.73 Å². The zero-order valence-electron chi connectivity index (χ0n) is 6.82. The Morgan fingerprint density at radius 1 is 1.64 bits per heavy atom. The molecule has 0 aliphatic carbocycles. The lowest BCUT2D eigenvalue weighted by molar-refractivity contribution is 0.504. The predicted octanol–water partition coefficient (Wildman–Crippen LogP) is 1.58. The largest absolute Gasteiger partial charge is 0.323 e. The summed E-state index contributed by atoms with van der Waals surface area (Å²) in [6.45, 7) is 4.30. The summed E-state index contributed by atoms with van der Waals surface area (Å²) in [7, 11) is 0. The average Bonchev–Trinajstić information content (AvgIpc) is 2.35. The van der Waals surface area contributed by atoms with Crippen LogP contribution in [0.4, 0.5) is 0 Å². The quantitative estimate of drug-likeness (QED) is 0.751. The van der Waals surface area contributed by atoms with Crippen molar-refractivity contribution in [2.75, 3.05) is 0 Å². The molecule has 0 aliphatic rings. The molecule has 2 N–H and O–H groups in total. The molecular formula is C7H13N3S. The molecule has 0 radical (unpaired) electrons. The normalized spacial score (nSPS) is 13.8. The Balaban J connectivity index is 2.49. The van der Waals surface area contributed by atoms with E-state index in [0.29, 0.717) is 5.92 Å². The van der Waals surface area contributed by atoms with Crippen molar-refractivity contribution in [3.8, 4) is 0 Å². The molecule has 0 saturated carbocycles. The number of nitrogens with zero attached hydrogens (tertiary/aromatic N) is 2. The predicted molar refractivity (Wildman–Crippen MR) is 46.3 cm³/mol. The number of hydrogen-bond acceptors (Lipinski definition) is 4. The third kappa shape index (κ3) is 2.55. The zero-order chi connectivity index (χ0) is 8.27. The SMILES string of the molecule is CC(C)CC(N)c1cnsn1. The van der Waals surface area contributed by atoms with Crippen molar-refractivity contribution in [3.05, 3.63) is 11.9 Å². The lowest BCUT2D eigenvalue weighted by Crippen LogP contribution is -2.12. The van der Waals surface area contributed by atoms with Crippen LogP contribution in [0, 0.1) is 5.92 Å². The van der Waals surface area contributed by atoms with Crippen LogP contribution in [-0.4, -0.2) is 8.75 Å². The lowest BCUT2D eigenvalue weighted by Gasteiger charge is -2.09. The Hall–Kier alpha value is -0.480. The Kier molecular flexibility index (Phi) is 2.96. The fourth-order valence-electron chi connectivity index (χ4n) is 0.964. The second kappa shape index (κ2) is 3.78. The summed E-state index contributed by atoms with van der Waals surface area (Å²) < 4.78 is 7.98. The zero-order valence-corrected chi connectivity index (χ0v) is 7.64. The Bertz CT molecular complexity index is 195. The first kappa shape index (κ1) is 8.62. The van der Waals surface area contributed by atoms with Gasteiger partial charge in [-0.15, -0.1) is 0 Å². The first-order valence-corrected chi connectivity index (χ1v) is 4.46. The van der Waals surface area contributed by atoms with E-state index in [0.717, 1.165) is 12.1 Å². The van der Waals surface area contributed by atoms with E-state index in [1.165, 1.54) is 11.7 Å². The van der Waals surface area contributed by atoms with Crippen molar-refractivity contribution in [2.24, 2.45) is 11.7 Å². The molecule has 4 heteroatoms. The van der Waals surface area contributed by atoms with Gasteiger partial charge in [-0.2, -0.15) is 8.75 Å². The maximum atomic E-state index is 5.84. The summed E-state index contributed by atoms with van der Waals surface area (Å²) in [5.74, 6) is 0.617.